The van der Waals surface area contributed by atoms with Crippen molar-refractivity contribution in [1.29, 1.82) is 0 Å². The van der Waals surface area contributed by atoms with Crippen LogP contribution >= 0.6 is 27.5 Å². The zero-order valence-electron chi connectivity index (χ0n) is 5.56. The molecule has 2 rings (SSSR count). The smallest absolute Gasteiger partial charge is 0.289 e. The average molecular weight is 249 g/mol. The molecule has 0 aliphatic carbocycles. The van der Waals surface area contributed by atoms with Crippen molar-refractivity contribution in [2.75, 3.05) is 0 Å². The molecule has 2 heterocycles. The van der Waals surface area contributed by atoms with E-state index in [0.717, 1.165) is 0 Å². The molecule has 0 amide bonds. The minimum atomic E-state index is -0.348. The molecular formula is C5H2BrClN4O. The Morgan fingerprint density at radius 2 is 1.83 bits per heavy atom. The normalized spacial score (nSPS) is 10.8. The second-order valence-electron chi connectivity index (χ2n) is 2.08. The number of rotatable bonds is 0. The first-order valence-electron chi connectivity index (χ1n) is 2.98. The minimum absolute atomic E-state index is 0.220. The van der Waals surface area contributed by atoms with Crippen LogP contribution in [0.5, 0.6) is 0 Å². The van der Waals surface area contributed by atoms with Crippen LogP contribution in [-0.2, 0) is 0 Å². The molecule has 0 aromatic carbocycles. The highest BCUT2D eigenvalue weighted by atomic mass is 79.9. The molecule has 0 radical (unpaired) electrons. The number of nitrogens with one attached hydrogen (secondary N) is 2. The van der Waals surface area contributed by atoms with E-state index in [0.29, 0.717) is 15.9 Å². The van der Waals surface area contributed by atoms with Gasteiger partial charge in [-0.25, -0.2) is 14.8 Å². The summed E-state index contributed by atoms with van der Waals surface area (Å²) in [6.45, 7) is 0. The van der Waals surface area contributed by atoms with Crippen LogP contribution in [-0.4, -0.2) is 19.9 Å². The lowest BCUT2D eigenvalue weighted by Gasteiger charge is -1.91. The molecule has 2 N–H and O–H groups in total. The van der Waals surface area contributed by atoms with Crippen LogP contribution in [0.15, 0.2) is 9.40 Å². The maximum absolute atomic E-state index is 10.8. The Hall–Kier alpha value is -0.880. The van der Waals surface area contributed by atoms with Crippen LogP contribution in [0.25, 0.3) is 11.3 Å². The van der Waals surface area contributed by atoms with Crippen LogP contribution in [0.1, 0.15) is 0 Å². The monoisotopic (exact) mass is 248 g/mol. The number of imidazole rings is 1. The van der Waals surface area contributed by atoms with Gasteiger partial charge >= 0.3 is 5.69 Å². The Morgan fingerprint density at radius 3 is 2.50 bits per heavy atom. The van der Waals surface area contributed by atoms with E-state index < -0.39 is 0 Å². The molecule has 12 heavy (non-hydrogen) atoms. The number of nitrogens with zero attached hydrogens (tertiary/aromatic N) is 2. The van der Waals surface area contributed by atoms with Gasteiger partial charge in [0.1, 0.15) is 4.60 Å². The van der Waals surface area contributed by atoms with Crippen molar-refractivity contribution >= 4 is 38.8 Å². The first kappa shape index (κ1) is 7.75. The molecule has 0 saturated carbocycles. The lowest BCUT2D eigenvalue weighted by molar-refractivity contribution is 1.19. The van der Waals surface area contributed by atoms with Crippen molar-refractivity contribution < 1.29 is 0 Å². The van der Waals surface area contributed by atoms with E-state index >= 15 is 0 Å². The molecule has 0 bridgehead atoms. The third kappa shape index (κ3) is 1.12. The summed E-state index contributed by atoms with van der Waals surface area (Å²) in [6, 6.07) is 0. The Labute approximate surface area is 79.3 Å². The predicted molar refractivity (Wildman–Crippen MR) is 47.2 cm³/mol. The molecular weight excluding hydrogens is 247 g/mol. The van der Waals surface area contributed by atoms with Gasteiger partial charge < -0.3 is 0 Å². The van der Waals surface area contributed by atoms with Gasteiger partial charge in [0.2, 0.25) is 0 Å². The highest BCUT2D eigenvalue weighted by Gasteiger charge is 2.05. The topological polar surface area (TPSA) is 74.4 Å². The lowest BCUT2D eigenvalue weighted by atomic mass is 10.7. The molecule has 0 spiro atoms. The van der Waals surface area contributed by atoms with E-state index in [1.54, 1.807) is 0 Å². The van der Waals surface area contributed by atoms with Gasteiger partial charge in [-0.1, -0.05) is 11.6 Å². The van der Waals surface area contributed by atoms with Gasteiger partial charge in [0, 0.05) is 0 Å². The van der Waals surface area contributed by atoms with Crippen molar-refractivity contribution in [3.63, 3.8) is 0 Å². The van der Waals surface area contributed by atoms with E-state index in [4.69, 9.17) is 11.6 Å². The van der Waals surface area contributed by atoms with Crippen LogP contribution in [0.2, 0.25) is 5.15 Å². The zero-order valence-corrected chi connectivity index (χ0v) is 7.90. The van der Waals surface area contributed by atoms with Crippen molar-refractivity contribution in [1.82, 2.24) is 19.9 Å². The number of halogens is 2. The lowest BCUT2D eigenvalue weighted by Crippen LogP contribution is -1.99. The fraction of sp³-hybridized carbons (Fsp3) is 0. The van der Waals surface area contributed by atoms with Crippen LogP contribution in [0.4, 0.5) is 0 Å². The second-order valence-corrected chi connectivity index (χ2v) is 3.19. The van der Waals surface area contributed by atoms with Crippen molar-refractivity contribution in [3.05, 3.63) is 20.2 Å². The summed E-state index contributed by atoms with van der Waals surface area (Å²) in [5.41, 5.74) is 0.392. The highest BCUT2D eigenvalue weighted by molar-refractivity contribution is 9.10. The predicted octanol–water partition coefficient (Wildman–Crippen LogP) is 1.06. The third-order valence-electron chi connectivity index (χ3n) is 1.28. The van der Waals surface area contributed by atoms with Gasteiger partial charge in [-0.05, 0) is 15.9 Å². The maximum Gasteiger partial charge on any atom is 0.326 e. The fourth-order valence-electron chi connectivity index (χ4n) is 0.815. The number of aromatic amines is 2. The molecule has 0 saturated heterocycles. The molecule has 62 valence electrons. The Morgan fingerprint density at radius 1 is 1.25 bits per heavy atom. The summed E-state index contributed by atoms with van der Waals surface area (Å²) in [4.78, 5) is 23.4. The molecule has 0 atom stereocenters. The van der Waals surface area contributed by atoms with Gasteiger partial charge in [0.05, 0.1) is 0 Å². The number of hydrogen-bond donors (Lipinski definition) is 2. The Kier molecular flexibility index (Phi) is 1.66. The van der Waals surface area contributed by atoms with Crippen LogP contribution < -0.4 is 5.69 Å². The number of fused-ring (bicyclic) bond motifs is 1. The SMILES string of the molecule is O=c1[nH]c2nc(Cl)c(Br)nc2[nH]1. The second kappa shape index (κ2) is 2.56. The minimum Gasteiger partial charge on any atom is -0.289 e. The Bertz CT molecular complexity index is 448. The molecule has 0 unspecified atom stereocenters. The molecule has 0 fully saturated rings. The third-order valence-corrected chi connectivity index (χ3v) is 2.32. The van der Waals surface area contributed by atoms with Crippen molar-refractivity contribution in [3.8, 4) is 0 Å². The number of hydrogen-bond acceptors (Lipinski definition) is 3. The Balaban J connectivity index is 2.92. The summed E-state index contributed by atoms with van der Waals surface area (Å²) in [5, 5.41) is 0.220. The first-order valence-corrected chi connectivity index (χ1v) is 4.15. The summed E-state index contributed by atoms with van der Waals surface area (Å²) < 4.78 is 0.409. The summed E-state index contributed by atoms with van der Waals surface area (Å²) in [6.07, 6.45) is 0. The van der Waals surface area contributed by atoms with Crippen molar-refractivity contribution in [2.24, 2.45) is 0 Å². The van der Waals surface area contributed by atoms with Gasteiger partial charge in [0.25, 0.3) is 0 Å². The molecule has 2 aromatic rings. The van der Waals surface area contributed by atoms with E-state index in [1.165, 1.54) is 0 Å². The van der Waals surface area contributed by atoms with E-state index in [2.05, 4.69) is 35.9 Å². The number of H-pyrrole nitrogens is 2. The van der Waals surface area contributed by atoms with Gasteiger partial charge in [-0.2, -0.15) is 0 Å². The van der Waals surface area contributed by atoms with E-state index in [-0.39, 0.29) is 10.8 Å². The van der Waals surface area contributed by atoms with Gasteiger partial charge in [0.15, 0.2) is 16.4 Å². The first-order chi connectivity index (χ1) is 5.66. The molecule has 2 aromatic heterocycles. The largest absolute Gasteiger partial charge is 0.326 e. The molecule has 5 nitrogen and oxygen atoms in total. The summed E-state index contributed by atoms with van der Waals surface area (Å²) in [7, 11) is 0. The van der Waals surface area contributed by atoms with E-state index in [1.807, 2.05) is 0 Å². The summed E-state index contributed by atoms with van der Waals surface area (Å²) in [5.74, 6) is 0. The van der Waals surface area contributed by atoms with Crippen LogP contribution in [0, 0.1) is 0 Å². The highest BCUT2D eigenvalue weighted by Crippen LogP contribution is 2.18. The zero-order chi connectivity index (χ0) is 8.72. The molecule has 0 aliphatic rings. The standard InChI is InChI=1S/C5H2BrClN4O/c6-1-2(7)9-4-3(8-1)10-5(12)11-4/h(H2,8,9,10,11,12). The van der Waals surface area contributed by atoms with Crippen molar-refractivity contribution in [2.45, 2.75) is 0 Å². The molecule has 0 aliphatic heterocycles. The fourth-order valence-corrected chi connectivity index (χ4v) is 1.21. The van der Waals surface area contributed by atoms with Gasteiger partial charge in [-0.3, -0.25) is 9.97 Å². The van der Waals surface area contributed by atoms with Gasteiger partial charge in [-0.15, -0.1) is 0 Å². The quantitative estimate of drug-likeness (QED) is 0.733. The van der Waals surface area contributed by atoms with E-state index in [9.17, 15) is 4.79 Å². The number of aromatic nitrogens is 4. The maximum atomic E-state index is 10.8. The summed E-state index contributed by atoms with van der Waals surface area (Å²) >= 11 is 8.72. The average Bonchev–Trinajstić information content (AvgIpc) is 2.30. The molecule has 7 heteroatoms. The van der Waals surface area contributed by atoms with Crippen LogP contribution in [0.3, 0.4) is 0 Å².